The summed E-state index contributed by atoms with van der Waals surface area (Å²) >= 11 is 0. The summed E-state index contributed by atoms with van der Waals surface area (Å²) < 4.78 is 0. The molecule has 0 radical (unpaired) electrons. The molecule has 2 aliphatic rings. The Kier molecular flexibility index (Phi) is 4.23. The number of benzene rings is 1. The fourth-order valence-corrected chi connectivity index (χ4v) is 3.44. The molecular formula is C17H16N4O4. The zero-order valence-electron chi connectivity index (χ0n) is 13.3. The van der Waals surface area contributed by atoms with Crippen LogP contribution < -0.4 is 10.6 Å². The van der Waals surface area contributed by atoms with Crippen molar-refractivity contribution in [3.63, 3.8) is 0 Å². The number of hydrogen-bond donors (Lipinski definition) is 2. The first-order valence-corrected chi connectivity index (χ1v) is 7.82. The van der Waals surface area contributed by atoms with Crippen LogP contribution in [-0.2, 0) is 24.6 Å². The molecule has 1 aromatic carbocycles. The number of amides is 3. The average Bonchev–Trinajstić information content (AvgIpc) is 3.13. The first-order valence-electron chi connectivity index (χ1n) is 7.82. The summed E-state index contributed by atoms with van der Waals surface area (Å²) in [5.74, 6) is -1.25. The van der Waals surface area contributed by atoms with E-state index in [1.54, 1.807) is 12.1 Å². The molecule has 1 aromatic rings. The molecule has 0 bridgehead atoms. The molecule has 2 aliphatic heterocycles. The molecular weight excluding hydrogens is 324 g/mol. The Morgan fingerprint density at radius 3 is 2.92 bits per heavy atom. The Hall–Kier alpha value is -3.21. The Morgan fingerprint density at radius 1 is 1.44 bits per heavy atom. The number of nitrogens with one attached hydrogen (secondary N) is 2. The van der Waals surface area contributed by atoms with Crippen LogP contribution in [-0.4, -0.2) is 48.0 Å². The summed E-state index contributed by atoms with van der Waals surface area (Å²) in [7, 11) is 0. The van der Waals surface area contributed by atoms with Crippen LogP contribution >= 0.6 is 0 Å². The van der Waals surface area contributed by atoms with E-state index in [0.717, 1.165) is 5.56 Å². The van der Waals surface area contributed by atoms with Crippen molar-refractivity contribution in [1.82, 2.24) is 10.2 Å². The maximum absolute atomic E-state index is 12.6. The number of para-hydroxylation sites is 1. The molecule has 1 unspecified atom stereocenters. The highest BCUT2D eigenvalue weighted by molar-refractivity contribution is 6.07. The van der Waals surface area contributed by atoms with E-state index in [1.807, 2.05) is 12.1 Å². The molecule has 8 heteroatoms. The van der Waals surface area contributed by atoms with E-state index in [9.17, 15) is 24.4 Å². The predicted molar refractivity (Wildman–Crippen MR) is 86.2 cm³/mol. The first-order chi connectivity index (χ1) is 12.0. The van der Waals surface area contributed by atoms with Crippen molar-refractivity contribution in [2.24, 2.45) is 0 Å². The Morgan fingerprint density at radius 2 is 2.20 bits per heavy atom. The third kappa shape index (κ3) is 2.74. The van der Waals surface area contributed by atoms with E-state index < -0.39 is 23.3 Å². The minimum absolute atomic E-state index is 0.0798. The maximum atomic E-state index is 12.6. The molecule has 0 saturated carbocycles. The van der Waals surface area contributed by atoms with Gasteiger partial charge in [0.1, 0.15) is 12.3 Å². The number of hydrogen-bond acceptors (Lipinski definition) is 5. The highest BCUT2D eigenvalue weighted by Gasteiger charge is 2.55. The number of fused-ring (bicyclic) bond motifs is 2. The zero-order chi connectivity index (χ0) is 18.0. The quantitative estimate of drug-likeness (QED) is 0.576. The number of likely N-dealkylation sites (tertiary alicyclic amines) is 1. The lowest BCUT2D eigenvalue weighted by atomic mass is 9.80. The van der Waals surface area contributed by atoms with E-state index in [2.05, 4.69) is 16.7 Å². The third-order valence-corrected chi connectivity index (χ3v) is 4.66. The monoisotopic (exact) mass is 340 g/mol. The van der Waals surface area contributed by atoms with Crippen LogP contribution in [0.3, 0.4) is 0 Å². The molecule has 1 saturated heterocycles. The summed E-state index contributed by atoms with van der Waals surface area (Å²) in [6.07, 6.45) is 0.331. The van der Waals surface area contributed by atoms with Gasteiger partial charge in [0.15, 0.2) is 0 Å². The van der Waals surface area contributed by atoms with Crippen molar-refractivity contribution in [2.45, 2.75) is 24.3 Å². The highest BCUT2D eigenvalue weighted by atomic mass is 16.2. The van der Waals surface area contributed by atoms with E-state index in [-0.39, 0.29) is 31.8 Å². The molecule has 8 nitrogen and oxygen atoms in total. The summed E-state index contributed by atoms with van der Waals surface area (Å²) in [4.78, 5) is 47.9. The lowest BCUT2D eigenvalue weighted by molar-refractivity contribution is -0.133. The number of rotatable bonds is 4. The van der Waals surface area contributed by atoms with E-state index >= 15 is 0 Å². The van der Waals surface area contributed by atoms with Gasteiger partial charge >= 0.3 is 0 Å². The molecule has 128 valence electrons. The molecule has 2 heterocycles. The van der Waals surface area contributed by atoms with Gasteiger partial charge in [-0.1, -0.05) is 18.2 Å². The van der Waals surface area contributed by atoms with Gasteiger partial charge in [0.25, 0.3) is 0 Å². The van der Waals surface area contributed by atoms with E-state index in [4.69, 9.17) is 0 Å². The van der Waals surface area contributed by atoms with Gasteiger partial charge in [-0.05, 0) is 11.6 Å². The Labute approximate surface area is 143 Å². The molecule has 1 spiro atoms. The van der Waals surface area contributed by atoms with Gasteiger partial charge in [-0.3, -0.25) is 14.4 Å². The van der Waals surface area contributed by atoms with Gasteiger partial charge in [0.05, 0.1) is 24.4 Å². The largest absolute Gasteiger partial charge is 0.347 e. The van der Waals surface area contributed by atoms with Crippen molar-refractivity contribution in [3.05, 3.63) is 29.8 Å². The second kappa shape index (κ2) is 6.36. The summed E-state index contributed by atoms with van der Waals surface area (Å²) in [6, 6.07) is 8.53. The van der Waals surface area contributed by atoms with Crippen LogP contribution in [0.5, 0.6) is 0 Å². The van der Waals surface area contributed by atoms with E-state index in [1.165, 1.54) is 4.90 Å². The summed E-state index contributed by atoms with van der Waals surface area (Å²) in [6.45, 7) is -0.235. The van der Waals surface area contributed by atoms with Gasteiger partial charge in [0, 0.05) is 18.7 Å². The first kappa shape index (κ1) is 16.6. The third-order valence-electron chi connectivity index (χ3n) is 4.66. The van der Waals surface area contributed by atoms with E-state index in [0.29, 0.717) is 12.0 Å². The fourth-order valence-electron chi connectivity index (χ4n) is 3.44. The van der Waals surface area contributed by atoms with Crippen molar-refractivity contribution < 1.29 is 19.2 Å². The smallest absolute Gasteiger partial charge is 0.243 e. The predicted octanol–water partition coefficient (Wildman–Crippen LogP) is -0.294. The number of aldehydes is 1. The van der Waals surface area contributed by atoms with Crippen molar-refractivity contribution in [3.8, 4) is 6.07 Å². The van der Waals surface area contributed by atoms with Crippen LogP contribution in [0.15, 0.2) is 24.3 Å². The normalized spacial score (nSPS) is 23.7. The minimum Gasteiger partial charge on any atom is -0.347 e. The van der Waals surface area contributed by atoms with Crippen LogP contribution in [0.4, 0.5) is 5.69 Å². The SMILES string of the molecule is N#CC1C[C@@]2(CN1C(=O)CNC(=O)CC=O)C(=O)Nc1ccccc12. The Balaban J connectivity index is 1.81. The second-order valence-electron chi connectivity index (χ2n) is 6.10. The highest BCUT2D eigenvalue weighted by Crippen LogP contribution is 2.46. The number of nitriles is 1. The summed E-state index contributed by atoms with van der Waals surface area (Å²) in [5, 5.41) is 14.6. The number of nitrogens with zero attached hydrogens (tertiary/aromatic N) is 2. The van der Waals surface area contributed by atoms with Crippen LogP contribution in [0.25, 0.3) is 0 Å². The molecule has 2 N–H and O–H groups in total. The van der Waals surface area contributed by atoms with Gasteiger partial charge < -0.3 is 20.3 Å². The molecule has 1 fully saturated rings. The van der Waals surface area contributed by atoms with Crippen LogP contribution in [0.1, 0.15) is 18.4 Å². The van der Waals surface area contributed by atoms with Crippen LogP contribution in [0.2, 0.25) is 0 Å². The average molecular weight is 340 g/mol. The molecule has 25 heavy (non-hydrogen) atoms. The van der Waals surface area contributed by atoms with Crippen LogP contribution in [0, 0.1) is 11.3 Å². The topological polar surface area (TPSA) is 119 Å². The zero-order valence-corrected chi connectivity index (χ0v) is 13.3. The van der Waals surface area contributed by atoms with Crippen molar-refractivity contribution >= 4 is 29.7 Å². The lowest BCUT2D eigenvalue weighted by Crippen LogP contribution is -2.44. The fraction of sp³-hybridized carbons (Fsp3) is 0.353. The van der Waals surface area contributed by atoms with Gasteiger partial charge in [-0.15, -0.1) is 0 Å². The van der Waals surface area contributed by atoms with Crippen molar-refractivity contribution in [1.29, 1.82) is 5.26 Å². The van der Waals surface area contributed by atoms with Gasteiger partial charge in [-0.2, -0.15) is 5.26 Å². The van der Waals surface area contributed by atoms with Crippen molar-refractivity contribution in [2.75, 3.05) is 18.4 Å². The lowest BCUT2D eigenvalue weighted by Gasteiger charge is -2.23. The summed E-state index contributed by atoms with van der Waals surface area (Å²) in [5.41, 5.74) is 0.526. The molecule has 0 aliphatic carbocycles. The number of anilines is 1. The molecule has 3 amide bonds. The minimum atomic E-state index is -0.945. The maximum Gasteiger partial charge on any atom is 0.243 e. The van der Waals surface area contributed by atoms with Gasteiger partial charge in [-0.25, -0.2) is 0 Å². The number of carbonyl (C=O) groups is 4. The van der Waals surface area contributed by atoms with Gasteiger partial charge in [0.2, 0.25) is 17.7 Å². The Bertz CT molecular complexity index is 800. The molecule has 2 atom stereocenters. The number of carbonyl (C=O) groups excluding carboxylic acids is 4. The second-order valence-corrected chi connectivity index (χ2v) is 6.10. The molecule has 3 rings (SSSR count). The molecule has 0 aromatic heterocycles. The standard InChI is InChI=1S/C17H16N4O4/c18-8-11-7-17(12-3-1-2-4-13(12)20-16(17)25)10-21(11)15(24)9-19-14(23)5-6-22/h1-4,6,11H,5,7,9-10H2,(H,19,23)(H,20,25)/t11?,17-/m0/s1.